The number of imidazole rings is 1. The molecule has 122 valence electrons. The molecule has 0 spiro atoms. The van der Waals surface area contributed by atoms with E-state index >= 15 is 0 Å². The van der Waals surface area contributed by atoms with Crippen molar-refractivity contribution in [3.05, 3.63) is 54.4 Å². The normalized spacial score (nSPS) is 14.8. The lowest BCUT2D eigenvalue weighted by atomic mass is 10.1. The van der Waals surface area contributed by atoms with E-state index in [1.807, 2.05) is 46.8 Å². The molecule has 0 N–H and O–H groups in total. The van der Waals surface area contributed by atoms with Crippen LogP contribution in [0, 0.1) is 5.92 Å². The van der Waals surface area contributed by atoms with Crippen molar-refractivity contribution in [3.63, 3.8) is 0 Å². The maximum absolute atomic E-state index is 12.5. The van der Waals surface area contributed by atoms with Crippen molar-refractivity contribution in [2.75, 3.05) is 11.4 Å². The topological polar surface area (TPSA) is 37.6 Å². The van der Waals surface area contributed by atoms with Crippen LogP contribution in [-0.4, -0.2) is 21.8 Å². The van der Waals surface area contributed by atoms with Crippen LogP contribution in [0.3, 0.4) is 0 Å². The van der Waals surface area contributed by atoms with Crippen molar-refractivity contribution in [2.24, 2.45) is 5.92 Å². The Morgan fingerprint density at radius 1 is 1.29 bits per heavy atom. The molecule has 3 aromatic rings. The summed E-state index contributed by atoms with van der Waals surface area (Å²) in [6, 6.07) is 12.3. The molecule has 2 aromatic heterocycles. The van der Waals surface area contributed by atoms with Gasteiger partial charge in [0.15, 0.2) is 0 Å². The number of fused-ring (bicyclic) bond motifs is 2. The Bertz CT molecular complexity index is 879. The van der Waals surface area contributed by atoms with Gasteiger partial charge in [-0.3, -0.25) is 4.79 Å². The maximum atomic E-state index is 12.5. The number of amides is 1. The molecule has 1 aliphatic rings. The van der Waals surface area contributed by atoms with Crippen LogP contribution < -0.4 is 4.90 Å². The molecule has 0 saturated carbocycles. The van der Waals surface area contributed by atoms with E-state index in [9.17, 15) is 4.79 Å². The van der Waals surface area contributed by atoms with Crippen LogP contribution in [0.25, 0.3) is 16.9 Å². The zero-order chi connectivity index (χ0) is 16.7. The molecule has 0 fully saturated rings. The van der Waals surface area contributed by atoms with E-state index in [0.717, 1.165) is 42.0 Å². The van der Waals surface area contributed by atoms with Crippen molar-refractivity contribution in [1.82, 2.24) is 9.38 Å². The zero-order valence-electron chi connectivity index (χ0n) is 14.1. The van der Waals surface area contributed by atoms with E-state index in [4.69, 9.17) is 0 Å². The molecule has 0 unspecified atom stereocenters. The Labute approximate surface area is 141 Å². The van der Waals surface area contributed by atoms with Gasteiger partial charge in [-0.2, -0.15) is 0 Å². The molecular formula is C20H21N3O. The number of aromatic nitrogens is 2. The SMILES string of the molecule is CC[C@H](C)C(=O)N1CCc2cc(-c3cn4ccccc4n3)ccc21. The van der Waals surface area contributed by atoms with Crippen molar-refractivity contribution in [1.29, 1.82) is 0 Å². The Morgan fingerprint density at radius 3 is 2.96 bits per heavy atom. The number of carbonyl (C=O) groups is 1. The summed E-state index contributed by atoms with van der Waals surface area (Å²) in [7, 11) is 0. The van der Waals surface area contributed by atoms with Crippen LogP contribution in [-0.2, 0) is 11.2 Å². The van der Waals surface area contributed by atoms with Gasteiger partial charge in [0.2, 0.25) is 5.91 Å². The monoisotopic (exact) mass is 319 g/mol. The molecule has 0 saturated heterocycles. The molecule has 4 rings (SSSR count). The Balaban J connectivity index is 1.68. The second kappa shape index (κ2) is 5.78. The largest absolute Gasteiger partial charge is 0.312 e. The second-order valence-electron chi connectivity index (χ2n) is 6.48. The minimum Gasteiger partial charge on any atom is -0.312 e. The van der Waals surface area contributed by atoms with Crippen molar-refractivity contribution in [2.45, 2.75) is 26.7 Å². The molecule has 4 heteroatoms. The highest BCUT2D eigenvalue weighted by Gasteiger charge is 2.27. The molecule has 0 radical (unpaired) electrons. The van der Waals surface area contributed by atoms with Crippen LogP contribution in [0.5, 0.6) is 0 Å². The molecule has 1 aliphatic heterocycles. The van der Waals surface area contributed by atoms with Crippen molar-refractivity contribution >= 4 is 17.2 Å². The van der Waals surface area contributed by atoms with Gasteiger partial charge in [0.1, 0.15) is 5.65 Å². The molecule has 0 bridgehead atoms. The lowest BCUT2D eigenvalue weighted by Gasteiger charge is -2.21. The number of carbonyl (C=O) groups excluding carboxylic acids is 1. The minimum atomic E-state index is 0.0778. The van der Waals surface area contributed by atoms with Gasteiger partial charge in [0, 0.05) is 36.1 Å². The zero-order valence-corrected chi connectivity index (χ0v) is 14.1. The molecule has 1 atom stereocenters. The molecule has 3 heterocycles. The van der Waals surface area contributed by atoms with E-state index < -0.39 is 0 Å². The summed E-state index contributed by atoms with van der Waals surface area (Å²) in [5.74, 6) is 0.311. The van der Waals surface area contributed by atoms with E-state index in [-0.39, 0.29) is 11.8 Å². The average Bonchev–Trinajstić information content (AvgIpc) is 3.23. The summed E-state index contributed by atoms with van der Waals surface area (Å²) in [4.78, 5) is 19.1. The minimum absolute atomic E-state index is 0.0778. The third-order valence-electron chi connectivity index (χ3n) is 4.93. The second-order valence-corrected chi connectivity index (χ2v) is 6.48. The fraction of sp³-hybridized carbons (Fsp3) is 0.300. The maximum Gasteiger partial charge on any atom is 0.229 e. The Kier molecular flexibility index (Phi) is 3.60. The quantitative estimate of drug-likeness (QED) is 0.733. The van der Waals surface area contributed by atoms with Gasteiger partial charge in [0.05, 0.1) is 5.69 Å². The summed E-state index contributed by atoms with van der Waals surface area (Å²) < 4.78 is 2.03. The summed E-state index contributed by atoms with van der Waals surface area (Å²) in [6.45, 7) is 4.85. The summed E-state index contributed by atoms with van der Waals surface area (Å²) in [6.07, 6.45) is 5.85. The molecule has 24 heavy (non-hydrogen) atoms. The third kappa shape index (κ3) is 2.39. The third-order valence-corrected chi connectivity index (χ3v) is 4.93. The van der Waals surface area contributed by atoms with Gasteiger partial charge in [-0.15, -0.1) is 0 Å². The number of rotatable bonds is 3. The predicted molar refractivity (Wildman–Crippen MR) is 96.1 cm³/mol. The molecule has 1 amide bonds. The lowest BCUT2D eigenvalue weighted by Crippen LogP contribution is -2.33. The number of benzene rings is 1. The van der Waals surface area contributed by atoms with E-state index in [2.05, 4.69) is 30.1 Å². The van der Waals surface area contributed by atoms with E-state index in [1.165, 1.54) is 5.56 Å². The van der Waals surface area contributed by atoms with Gasteiger partial charge in [0.25, 0.3) is 0 Å². The Hall–Kier alpha value is -2.62. The fourth-order valence-corrected chi connectivity index (χ4v) is 3.30. The molecule has 0 aliphatic carbocycles. The Morgan fingerprint density at radius 2 is 2.17 bits per heavy atom. The smallest absolute Gasteiger partial charge is 0.229 e. The number of hydrogen-bond acceptors (Lipinski definition) is 2. The van der Waals surface area contributed by atoms with Gasteiger partial charge < -0.3 is 9.30 Å². The molecule has 1 aromatic carbocycles. The average molecular weight is 319 g/mol. The summed E-state index contributed by atoms with van der Waals surface area (Å²) in [5.41, 5.74) is 5.32. The highest BCUT2D eigenvalue weighted by Crippen LogP contribution is 2.33. The van der Waals surface area contributed by atoms with Gasteiger partial charge in [-0.05, 0) is 42.7 Å². The highest BCUT2D eigenvalue weighted by molar-refractivity contribution is 5.97. The number of nitrogens with zero attached hydrogens (tertiary/aromatic N) is 3. The standard InChI is InChI=1S/C20H21N3O/c1-3-14(2)20(24)23-11-9-16-12-15(7-8-18(16)23)17-13-22-10-5-4-6-19(22)21-17/h4-8,10,12-14H,3,9,11H2,1-2H3/t14-/m0/s1. The fourth-order valence-electron chi connectivity index (χ4n) is 3.30. The molecule has 4 nitrogen and oxygen atoms in total. The van der Waals surface area contributed by atoms with Gasteiger partial charge in [-0.25, -0.2) is 4.98 Å². The van der Waals surface area contributed by atoms with Gasteiger partial charge >= 0.3 is 0 Å². The van der Waals surface area contributed by atoms with Crippen LogP contribution in [0.1, 0.15) is 25.8 Å². The first-order valence-electron chi connectivity index (χ1n) is 8.56. The van der Waals surface area contributed by atoms with Crippen LogP contribution in [0.15, 0.2) is 48.8 Å². The predicted octanol–water partition coefficient (Wildman–Crippen LogP) is 3.94. The van der Waals surface area contributed by atoms with Crippen LogP contribution in [0.4, 0.5) is 5.69 Å². The number of hydrogen-bond donors (Lipinski definition) is 0. The first-order chi connectivity index (χ1) is 11.7. The van der Waals surface area contributed by atoms with Crippen LogP contribution >= 0.6 is 0 Å². The number of pyridine rings is 1. The first kappa shape index (κ1) is 14.9. The van der Waals surface area contributed by atoms with Crippen molar-refractivity contribution < 1.29 is 4.79 Å². The van der Waals surface area contributed by atoms with E-state index in [0.29, 0.717) is 0 Å². The molecular weight excluding hydrogens is 298 g/mol. The summed E-state index contributed by atoms with van der Waals surface area (Å²) >= 11 is 0. The van der Waals surface area contributed by atoms with Crippen molar-refractivity contribution in [3.8, 4) is 11.3 Å². The lowest BCUT2D eigenvalue weighted by molar-refractivity contribution is -0.121. The van der Waals surface area contributed by atoms with Gasteiger partial charge in [-0.1, -0.05) is 26.0 Å². The van der Waals surface area contributed by atoms with E-state index in [1.54, 1.807) is 0 Å². The first-order valence-corrected chi connectivity index (χ1v) is 8.56. The highest BCUT2D eigenvalue weighted by atomic mass is 16.2. The number of anilines is 1. The summed E-state index contributed by atoms with van der Waals surface area (Å²) in [5, 5.41) is 0. The van der Waals surface area contributed by atoms with Crippen LogP contribution in [0.2, 0.25) is 0 Å².